The van der Waals surface area contributed by atoms with Crippen LogP contribution in [0.3, 0.4) is 0 Å². The quantitative estimate of drug-likeness (QED) is 0.318. The second-order valence-electron chi connectivity index (χ2n) is 11.1. The molecule has 1 atom stereocenters. The Hall–Kier alpha value is -2.86. The molecular formula is C27H34F2N4O4Si. The Bertz CT molecular complexity index is 1390. The predicted molar refractivity (Wildman–Crippen MR) is 142 cm³/mol. The van der Waals surface area contributed by atoms with Crippen molar-refractivity contribution in [3.05, 3.63) is 57.8 Å². The predicted octanol–water partition coefficient (Wildman–Crippen LogP) is 4.97. The molecule has 2 aliphatic rings. The SMILES string of the molecule is CCN(C(=O)c1cc2nc(N)c3c(c2n1COCC[Si](C)(C)C)COC3)C1COCc2cc(F)cc(F)c21. The van der Waals surface area contributed by atoms with Gasteiger partial charge in [-0.05, 0) is 30.7 Å². The van der Waals surface area contributed by atoms with Gasteiger partial charge in [0, 0.05) is 44.0 Å². The average molecular weight is 545 g/mol. The Morgan fingerprint density at radius 2 is 1.95 bits per heavy atom. The van der Waals surface area contributed by atoms with Crippen LogP contribution in [0.5, 0.6) is 0 Å². The monoisotopic (exact) mass is 544 g/mol. The molecule has 0 radical (unpaired) electrons. The molecule has 0 saturated carbocycles. The highest BCUT2D eigenvalue weighted by atomic mass is 28.3. The van der Waals surface area contributed by atoms with E-state index < -0.39 is 25.8 Å². The lowest BCUT2D eigenvalue weighted by Crippen LogP contribution is -2.40. The summed E-state index contributed by atoms with van der Waals surface area (Å²) in [5, 5.41) is 0. The van der Waals surface area contributed by atoms with Crippen LogP contribution in [0.1, 0.15) is 45.7 Å². The van der Waals surface area contributed by atoms with Crippen molar-refractivity contribution in [3.63, 3.8) is 0 Å². The molecule has 0 saturated heterocycles. The number of nitrogens with two attached hydrogens (primary N) is 1. The van der Waals surface area contributed by atoms with Crippen LogP contribution in [-0.4, -0.2) is 48.2 Å². The van der Waals surface area contributed by atoms with Crippen molar-refractivity contribution in [1.29, 1.82) is 0 Å². The first kappa shape index (κ1) is 26.7. The van der Waals surface area contributed by atoms with E-state index in [1.165, 1.54) is 6.07 Å². The number of hydrogen-bond acceptors (Lipinski definition) is 6. The molecule has 1 unspecified atom stereocenters. The lowest BCUT2D eigenvalue weighted by Gasteiger charge is -2.35. The molecule has 1 amide bonds. The maximum Gasteiger partial charge on any atom is 0.271 e. The standard InChI is InChI=1S/C27H34F2N4O4Si/c1-5-32(23-14-36-11-16-8-17(28)9-20(29)24(16)23)27(34)22-10-21-25(18-12-37-13-19(18)26(30)31-21)33(22)15-35-6-7-38(2,3)4/h8-10,23H,5-7,11-15H2,1-4H3,(H2,30,31). The van der Waals surface area contributed by atoms with Gasteiger partial charge in [0.15, 0.2) is 0 Å². The molecular weight excluding hydrogens is 510 g/mol. The molecule has 4 heterocycles. The van der Waals surface area contributed by atoms with Crippen molar-refractivity contribution in [2.24, 2.45) is 0 Å². The molecule has 3 aromatic rings. The van der Waals surface area contributed by atoms with Crippen molar-refractivity contribution in [1.82, 2.24) is 14.5 Å². The van der Waals surface area contributed by atoms with Gasteiger partial charge in [-0.3, -0.25) is 4.79 Å². The molecule has 2 aromatic heterocycles. The molecule has 5 rings (SSSR count). The maximum atomic E-state index is 15.0. The number of carbonyl (C=O) groups excluding carboxylic acids is 1. The maximum absolute atomic E-state index is 15.0. The Balaban J connectivity index is 1.56. The van der Waals surface area contributed by atoms with Crippen LogP contribution in [0, 0.1) is 11.6 Å². The summed E-state index contributed by atoms with van der Waals surface area (Å²) in [6.07, 6.45) is 0. The number of nitrogen functional groups attached to an aromatic ring is 1. The first-order valence-electron chi connectivity index (χ1n) is 12.9. The minimum Gasteiger partial charge on any atom is -0.383 e. The Morgan fingerprint density at radius 1 is 1.18 bits per heavy atom. The second-order valence-corrected chi connectivity index (χ2v) is 16.7. The van der Waals surface area contributed by atoms with Gasteiger partial charge in [-0.1, -0.05) is 19.6 Å². The van der Waals surface area contributed by atoms with Crippen molar-refractivity contribution < 1.29 is 27.8 Å². The van der Waals surface area contributed by atoms with Gasteiger partial charge in [0.2, 0.25) is 0 Å². The van der Waals surface area contributed by atoms with Gasteiger partial charge < -0.3 is 29.4 Å². The zero-order valence-electron chi connectivity index (χ0n) is 22.3. The number of fused-ring (bicyclic) bond motifs is 4. The molecule has 38 heavy (non-hydrogen) atoms. The fourth-order valence-corrected chi connectivity index (χ4v) is 6.00. The molecule has 0 aliphatic carbocycles. The summed E-state index contributed by atoms with van der Waals surface area (Å²) in [6.45, 7) is 10.6. The Labute approximate surface area is 221 Å². The topological polar surface area (TPSA) is 91.8 Å². The third-order valence-electron chi connectivity index (χ3n) is 7.23. The number of likely N-dealkylation sites (N-methyl/N-ethyl adjacent to an activating group) is 1. The van der Waals surface area contributed by atoms with Crippen LogP contribution >= 0.6 is 0 Å². The number of amides is 1. The molecule has 2 N–H and O–H groups in total. The normalized spacial score (nSPS) is 17.1. The highest BCUT2D eigenvalue weighted by Crippen LogP contribution is 2.36. The summed E-state index contributed by atoms with van der Waals surface area (Å²) < 4.78 is 48.2. The number of rotatable bonds is 8. The fraction of sp³-hybridized carbons (Fsp3) is 0.481. The summed E-state index contributed by atoms with van der Waals surface area (Å²) in [4.78, 5) is 20.3. The van der Waals surface area contributed by atoms with E-state index in [4.69, 9.17) is 19.9 Å². The smallest absolute Gasteiger partial charge is 0.271 e. The number of hydrogen-bond donors (Lipinski definition) is 1. The number of ether oxygens (including phenoxy) is 3. The van der Waals surface area contributed by atoms with Crippen LogP contribution < -0.4 is 5.73 Å². The highest BCUT2D eigenvalue weighted by Gasteiger charge is 2.35. The number of halogens is 2. The summed E-state index contributed by atoms with van der Waals surface area (Å²) in [7, 11) is -1.32. The number of pyridine rings is 1. The molecule has 11 heteroatoms. The molecule has 0 spiro atoms. The Kier molecular flexibility index (Phi) is 7.29. The molecule has 204 valence electrons. The zero-order valence-corrected chi connectivity index (χ0v) is 23.3. The van der Waals surface area contributed by atoms with E-state index in [2.05, 4.69) is 24.6 Å². The average Bonchev–Trinajstić information content (AvgIpc) is 3.46. The number of anilines is 1. The first-order chi connectivity index (χ1) is 18.1. The van der Waals surface area contributed by atoms with E-state index in [0.29, 0.717) is 48.0 Å². The third kappa shape index (κ3) is 4.95. The largest absolute Gasteiger partial charge is 0.383 e. The van der Waals surface area contributed by atoms with E-state index in [1.807, 2.05) is 11.5 Å². The van der Waals surface area contributed by atoms with Gasteiger partial charge in [-0.15, -0.1) is 0 Å². The number of carbonyl (C=O) groups is 1. The van der Waals surface area contributed by atoms with Crippen molar-refractivity contribution in [2.75, 3.05) is 25.5 Å². The van der Waals surface area contributed by atoms with Gasteiger partial charge in [0.1, 0.15) is 29.9 Å². The number of benzene rings is 1. The van der Waals surface area contributed by atoms with E-state index >= 15 is 0 Å². The van der Waals surface area contributed by atoms with E-state index in [0.717, 1.165) is 28.8 Å². The summed E-state index contributed by atoms with van der Waals surface area (Å²) in [5.41, 5.74) is 10.3. The van der Waals surface area contributed by atoms with Crippen LogP contribution in [0.4, 0.5) is 14.6 Å². The molecule has 1 aromatic carbocycles. The second kappa shape index (κ2) is 10.4. The molecule has 2 aliphatic heterocycles. The molecule has 0 fully saturated rings. The van der Waals surface area contributed by atoms with Crippen LogP contribution in [-0.2, 0) is 40.8 Å². The van der Waals surface area contributed by atoms with E-state index in [1.54, 1.807) is 11.0 Å². The lowest BCUT2D eigenvalue weighted by molar-refractivity contribution is 0.0253. The summed E-state index contributed by atoms with van der Waals surface area (Å²) >= 11 is 0. The lowest BCUT2D eigenvalue weighted by atomic mass is 9.96. The first-order valence-corrected chi connectivity index (χ1v) is 16.6. The van der Waals surface area contributed by atoms with Crippen LogP contribution in [0.2, 0.25) is 25.7 Å². The van der Waals surface area contributed by atoms with Crippen LogP contribution in [0.25, 0.3) is 11.0 Å². The summed E-state index contributed by atoms with van der Waals surface area (Å²) in [5.74, 6) is -1.29. The minimum absolute atomic E-state index is 0.0901. The van der Waals surface area contributed by atoms with Crippen molar-refractivity contribution in [2.45, 2.75) is 65.2 Å². The van der Waals surface area contributed by atoms with Gasteiger partial charge in [0.05, 0.1) is 43.5 Å². The van der Waals surface area contributed by atoms with E-state index in [9.17, 15) is 13.6 Å². The number of aromatic nitrogens is 2. The minimum atomic E-state index is -1.32. The van der Waals surface area contributed by atoms with E-state index in [-0.39, 0.29) is 32.4 Å². The van der Waals surface area contributed by atoms with Crippen molar-refractivity contribution in [3.8, 4) is 0 Å². The fourth-order valence-electron chi connectivity index (χ4n) is 5.24. The van der Waals surface area contributed by atoms with Gasteiger partial charge in [0.25, 0.3) is 5.91 Å². The van der Waals surface area contributed by atoms with Gasteiger partial charge in [-0.25, -0.2) is 13.8 Å². The molecule has 0 bridgehead atoms. The zero-order chi connectivity index (χ0) is 27.2. The third-order valence-corrected chi connectivity index (χ3v) is 8.93. The van der Waals surface area contributed by atoms with Crippen LogP contribution in [0.15, 0.2) is 18.2 Å². The Morgan fingerprint density at radius 3 is 2.68 bits per heavy atom. The van der Waals surface area contributed by atoms with Gasteiger partial charge >= 0.3 is 0 Å². The summed E-state index contributed by atoms with van der Waals surface area (Å²) in [6, 6.07) is 4.11. The van der Waals surface area contributed by atoms with Gasteiger partial charge in [-0.2, -0.15) is 0 Å². The number of nitrogens with zero attached hydrogens (tertiary/aromatic N) is 3. The molecule has 8 nitrogen and oxygen atoms in total. The highest BCUT2D eigenvalue weighted by molar-refractivity contribution is 6.76. The van der Waals surface area contributed by atoms with Crippen molar-refractivity contribution >= 4 is 30.8 Å².